The van der Waals surface area contributed by atoms with Crippen molar-refractivity contribution in [2.45, 2.75) is 32.2 Å². The van der Waals surface area contributed by atoms with Crippen LogP contribution in [-0.4, -0.2) is 38.0 Å². The fourth-order valence-corrected chi connectivity index (χ4v) is 3.47. The first-order chi connectivity index (χ1) is 14.9. The summed E-state index contributed by atoms with van der Waals surface area (Å²) in [4.78, 5) is 23.4. The summed E-state index contributed by atoms with van der Waals surface area (Å²) >= 11 is 6.12. The minimum absolute atomic E-state index is 0.123. The molecule has 0 aliphatic carbocycles. The Kier molecular flexibility index (Phi) is 9.40. The summed E-state index contributed by atoms with van der Waals surface area (Å²) in [5, 5.41) is 0.652. The molecular weight excluding hydrogens is 416 g/mol. The van der Waals surface area contributed by atoms with E-state index in [1.807, 2.05) is 43.3 Å². The van der Waals surface area contributed by atoms with E-state index in [4.69, 9.17) is 22.1 Å². The van der Waals surface area contributed by atoms with Crippen molar-refractivity contribution in [3.8, 4) is 5.75 Å². The zero-order valence-corrected chi connectivity index (χ0v) is 18.9. The Morgan fingerprint density at radius 3 is 2.48 bits per heavy atom. The maximum Gasteiger partial charge on any atom is 0.305 e. The molecule has 1 aliphatic rings. The first-order valence-electron chi connectivity index (χ1n) is 10.1. The van der Waals surface area contributed by atoms with Crippen molar-refractivity contribution >= 4 is 35.2 Å². The van der Waals surface area contributed by atoms with Gasteiger partial charge in [-0.15, -0.1) is 0 Å². The molecule has 3 rings (SSSR count). The van der Waals surface area contributed by atoms with Crippen LogP contribution in [0.1, 0.15) is 43.4 Å². The Hall–Kier alpha value is -2.99. The van der Waals surface area contributed by atoms with Gasteiger partial charge in [0.15, 0.2) is 0 Å². The fraction of sp³-hybridized carbons (Fsp3) is 0.333. The molecule has 1 heterocycles. The highest BCUT2D eigenvalue weighted by molar-refractivity contribution is 6.30. The van der Waals surface area contributed by atoms with Gasteiger partial charge in [0.05, 0.1) is 20.3 Å². The second-order valence-electron chi connectivity index (χ2n) is 7.06. The summed E-state index contributed by atoms with van der Waals surface area (Å²) in [5.41, 5.74) is 9.87. The van der Waals surface area contributed by atoms with Gasteiger partial charge in [-0.25, -0.2) is 0 Å². The molecule has 2 N–H and O–H groups in total. The standard InChI is InChI=1S/C19H19ClN2O2.C5H10O2/c1-24-16-5-2-13(3-6-16)19-10-14(8-9-22(19)12-23)17-11-15(20)4-7-18(17)21;1-3-4-5(6)7-2/h2-7,10-12,19H,8-9,21H2,1H3;3-4H2,1-2H3. The molecule has 1 amide bonds. The average molecular weight is 445 g/mol. The molecule has 0 aromatic heterocycles. The molecule has 2 aromatic carbocycles. The second kappa shape index (κ2) is 12.0. The quantitative estimate of drug-likeness (QED) is 0.390. The number of rotatable bonds is 6. The van der Waals surface area contributed by atoms with Gasteiger partial charge in [0.25, 0.3) is 0 Å². The third-order valence-electron chi connectivity index (χ3n) is 4.99. The van der Waals surface area contributed by atoms with Crippen LogP contribution >= 0.6 is 11.6 Å². The molecule has 1 aliphatic heterocycles. The van der Waals surface area contributed by atoms with Crippen molar-refractivity contribution in [3.63, 3.8) is 0 Å². The maximum absolute atomic E-state index is 11.5. The maximum atomic E-state index is 11.5. The molecule has 166 valence electrons. The van der Waals surface area contributed by atoms with Crippen molar-refractivity contribution in [1.82, 2.24) is 4.90 Å². The smallest absolute Gasteiger partial charge is 0.305 e. The molecule has 1 unspecified atom stereocenters. The van der Waals surface area contributed by atoms with E-state index in [-0.39, 0.29) is 12.0 Å². The van der Waals surface area contributed by atoms with Crippen LogP contribution in [0.2, 0.25) is 5.02 Å². The van der Waals surface area contributed by atoms with E-state index in [0.717, 1.165) is 41.7 Å². The summed E-state index contributed by atoms with van der Waals surface area (Å²) in [6.45, 7) is 2.58. The molecule has 0 radical (unpaired) electrons. The summed E-state index contributed by atoms with van der Waals surface area (Å²) in [6, 6.07) is 13.1. The molecule has 0 saturated carbocycles. The lowest BCUT2D eigenvalue weighted by Gasteiger charge is -2.32. The third kappa shape index (κ3) is 6.76. The number of benzene rings is 2. The molecule has 0 spiro atoms. The predicted octanol–water partition coefficient (Wildman–Crippen LogP) is 4.88. The number of hydrogen-bond donors (Lipinski definition) is 1. The van der Waals surface area contributed by atoms with Crippen molar-refractivity contribution in [1.29, 1.82) is 0 Å². The van der Waals surface area contributed by atoms with Crippen LogP contribution in [0.15, 0.2) is 48.5 Å². The number of esters is 1. The van der Waals surface area contributed by atoms with E-state index in [0.29, 0.717) is 23.7 Å². The number of nitrogens with two attached hydrogens (primary N) is 1. The lowest BCUT2D eigenvalue weighted by molar-refractivity contribution is -0.140. The van der Waals surface area contributed by atoms with Gasteiger partial charge in [-0.2, -0.15) is 0 Å². The SMILES string of the molecule is CCCC(=O)OC.COc1ccc(C2C=C(c3cc(Cl)ccc3N)CCN2C=O)cc1. The minimum atomic E-state index is -0.129. The van der Waals surface area contributed by atoms with E-state index >= 15 is 0 Å². The highest BCUT2D eigenvalue weighted by Crippen LogP contribution is 2.36. The lowest BCUT2D eigenvalue weighted by Crippen LogP contribution is -2.30. The topological polar surface area (TPSA) is 81.9 Å². The van der Waals surface area contributed by atoms with Crippen LogP contribution in [0.25, 0.3) is 5.57 Å². The number of carbonyl (C=O) groups excluding carboxylic acids is 2. The Bertz CT molecular complexity index is 912. The first kappa shape index (κ1) is 24.3. The van der Waals surface area contributed by atoms with Gasteiger partial charge >= 0.3 is 5.97 Å². The van der Waals surface area contributed by atoms with Crippen LogP contribution in [-0.2, 0) is 14.3 Å². The molecule has 0 saturated heterocycles. The Morgan fingerprint density at radius 2 is 1.94 bits per heavy atom. The number of ether oxygens (including phenoxy) is 2. The van der Waals surface area contributed by atoms with Gasteiger partial charge in [0.2, 0.25) is 6.41 Å². The van der Waals surface area contributed by atoms with Crippen molar-refractivity contribution < 1.29 is 19.1 Å². The highest BCUT2D eigenvalue weighted by Gasteiger charge is 2.23. The minimum Gasteiger partial charge on any atom is -0.497 e. The van der Waals surface area contributed by atoms with Crippen molar-refractivity contribution in [2.75, 3.05) is 26.5 Å². The molecule has 2 aromatic rings. The van der Waals surface area contributed by atoms with E-state index in [2.05, 4.69) is 10.8 Å². The number of nitrogens with zero attached hydrogens (tertiary/aromatic N) is 1. The normalized spacial score (nSPS) is 15.3. The van der Waals surface area contributed by atoms with Gasteiger partial charge in [-0.05, 0) is 54.3 Å². The average Bonchev–Trinajstić information content (AvgIpc) is 2.81. The monoisotopic (exact) mass is 444 g/mol. The summed E-state index contributed by atoms with van der Waals surface area (Å²) in [5.74, 6) is 0.665. The first-order valence-corrected chi connectivity index (χ1v) is 10.5. The van der Waals surface area contributed by atoms with Gasteiger partial charge in [0, 0.05) is 29.2 Å². The van der Waals surface area contributed by atoms with Gasteiger partial charge < -0.3 is 20.1 Å². The molecular formula is C24H29ClN2O4. The van der Waals surface area contributed by atoms with E-state index in [9.17, 15) is 9.59 Å². The van der Waals surface area contributed by atoms with Crippen LogP contribution in [0.3, 0.4) is 0 Å². The zero-order valence-electron chi connectivity index (χ0n) is 18.1. The third-order valence-corrected chi connectivity index (χ3v) is 5.23. The number of methoxy groups -OCH3 is 2. The molecule has 0 bridgehead atoms. The summed E-state index contributed by atoms with van der Waals surface area (Å²) < 4.78 is 9.55. The zero-order chi connectivity index (χ0) is 22.8. The number of nitrogen functional groups attached to an aromatic ring is 1. The number of carbonyl (C=O) groups is 2. The van der Waals surface area contributed by atoms with Gasteiger partial charge in [-0.1, -0.05) is 36.7 Å². The van der Waals surface area contributed by atoms with E-state index in [1.165, 1.54) is 7.11 Å². The summed E-state index contributed by atoms with van der Waals surface area (Å²) in [7, 11) is 3.03. The fourth-order valence-electron chi connectivity index (χ4n) is 3.30. The summed E-state index contributed by atoms with van der Waals surface area (Å²) in [6.07, 6.45) is 5.13. The van der Waals surface area contributed by atoms with Gasteiger partial charge in [0.1, 0.15) is 5.75 Å². The molecule has 31 heavy (non-hydrogen) atoms. The van der Waals surface area contributed by atoms with E-state index in [1.54, 1.807) is 18.1 Å². The van der Waals surface area contributed by atoms with Crippen molar-refractivity contribution in [2.24, 2.45) is 0 Å². The number of halogens is 1. The molecule has 6 nitrogen and oxygen atoms in total. The Balaban J connectivity index is 0.000000423. The predicted molar refractivity (Wildman–Crippen MR) is 124 cm³/mol. The largest absolute Gasteiger partial charge is 0.497 e. The second-order valence-corrected chi connectivity index (χ2v) is 7.50. The molecule has 0 fully saturated rings. The Morgan fingerprint density at radius 1 is 1.23 bits per heavy atom. The number of anilines is 1. The van der Waals surface area contributed by atoms with Crippen LogP contribution in [0, 0.1) is 0 Å². The van der Waals surface area contributed by atoms with Crippen LogP contribution in [0.4, 0.5) is 5.69 Å². The van der Waals surface area contributed by atoms with Gasteiger partial charge in [-0.3, -0.25) is 9.59 Å². The van der Waals surface area contributed by atoms with Crippen molar-refractivity contribution in [3.05, 3.63) is 64.7 Å². The number of amides is 1. The highest BCUT2D eigenvalue weighted by atomic mass is 35.5. The van der Waals surface area contributed by atoms with Crippen LogP contribution in [0.5, 0.6) is 5.75 Å². The lowest BCUT2D eigenvalue weighted by atomic mass is 9.92. The van der Waals surface area contributed by atoms with E-state index < -0.39 is 0 Å². The van der Waals surface area contributed by atoms with Crippen LogP contribution < -0.4 is 10.5 Å². The number of hydrogen-bond acceptors (Lipinski definition) is 5. The molecule has 1 atom stereocenters. The molecule has 7 heteroatoms. The Labute approximate surface area is 188 Å².